The van der Waals surface area contributed by atoms with Gasteiger partial charge in [0.1, 0.15) is 6.54 Å². The molecule has 0 bridgehead atoms. The Bertz CT molecular complexity index is 226. The molecule has 11 heavy (non-hydrogen) atoms. The largest absolute Gasteiger partial charge is 0.150 e. The first-order valence-corrected chi connectivity index (χ1v) is 3.89. The standard InChI is InChI=1S/C9H13NO/c1-7-3-4-8(2)9(5-7)6-10-11/h5H,3-4,6H2,1-2H3. The molecular weight excluding hydrogens is 138 g/mol. The first-order chi connectivity index (χ1) is 5.24. The van der Waals surface area contributed by atoms with E-state index in [1.165, 1.54) is 11.1 Å². The minimum atomic E-state index is 0.336. The Kier molecular flexibility index (Phi) is 2.58. The molecule has 0 N–H and O–H groups in total. The van der Waals surface area contributed by atoms with Crippen molar-refractivity contribution >= 4 is 0 Å². The normalized spacial score (nSPS) is 18.2. The Morgan fingerprint density at radius 3 is 2.82 bits per heavy atom. The predicted octanol–water partition coefficient (Wildman–Crippen LogP) is 2.81. The second-order valence-electron chi connectivity index (χ2n) is 3.08. The van der Waals surface area contributed by atoms with Gasteiger partial charge in [-0.05, 0) is 32.3 Å². The van der Waals surface area contributed by atoms with Crippen molar-refractivity contribution in [3.05, 3.63) is 27.7 Å². The lowest BCUT2D eigenvalue weighted by Crippen LogP contribution is -1.97. The van der Waals surface area contributed by atoms with E-state index in [4.69, 9.17) is 0 Å². The van der Waals surface area contributed by atoms with Gasteiger partial charge in [0, 0.05) is 0 Å². The monoisotopic (exact) mass is 151 g/mol. The Morgan fingerprint density at radius 1 is 1.45 bits per heavy atom. The van der Waals surface area contributed by atoms with Crippen molar-refractivity contribution in [2.24, 2.45) is 5.18 Å². The van der Waals surface area contributed by atoms with E-state index in [0.29, 0.717) is 6.54 Å². The van der Waals surface area contributed by atoms with Crippen LogP contribution in [0.25, 0.3) is 0 Å². The van der Waals surface area contributed by atoms with Crippen LogP contribution in [0.4, 0.5) is 0 Å². The molecule has 0 radical (unpaired) electrons. The van der Waals surface area contributed by atoms with Crippen LogP contribution >= 0.6 is 0 Å². The zero-order valence-corrected chi connectivity index (χ0v) is 7.05. The summed E-state index contributed by atoms with van der Waals surface area (Å²) in [5.41, 5.74) is 3.79. The van der Waals surface area contributed by atoms with E-state index in [1.807, 2.05) is 0 Å². The van der Waals surface area contributed by atoms with Crippen LogP contribution in [0.5, 0.6) is 0 Å². The molecule has 0 aliphatic heterocycles. The number of hydrogen-bond acceptors (Lipinski definition) is 2. The van der Waals surface area contributed by atoms with Gasteiger partial charge in [0.05, 0.1) is 0 Å². The summed E-state index contributed by atoms with van der Waals surface area (Å²) in [6.07, 6.45) is 4.31. The Morgan fingerprint density at radius 2 is 2.18 bits per heavy atom. The Labute approximate surface area is 67.0 Å². The molecule has 0 unspecified atom stereocenters. The fourth-order valence-corrected chi connectivity index (χ4v) is 1.29. The zero-order chi connectivity index (χ0) is 8.27. The van der Waals surface area contributed by atoms with Gasteiger partial charge in [-0.3, -0.25) is 0 Å². The molecule has 2 nitrogen and oxygen atoms in total. The van der Waals surface area contributed by atoms with E-state index in [-0.39, 0.29) is 0 Å². The van der Waals surface area contributed by atoms with Crippen molar-refractivity contribution in [2.75, 3.05) is 6.54 Å². The highest BCUT2D eigenvalue weighted by Gasteiger charge is 2.06. The number of nitroso groups, excluding NO2 is 1. The van der Waals surface area contributed by atoms with Crippen LogP contribution in [0.3, 0.4) is 0 Å². The van der Waals surface area contributed by atoms with Crippen LogP contribution in [0.15, 0.2) is 28.0 Å². The van der Waals surface area contributed by atoms with Gasteiger partial charge in [-0.2, -0.15) is 4.91 Å². The summed E-state index contributed by atoms with van der Waals surface area (Å²) in [5, 5.41) is 2.89. The minimum Gasteiger partial charge on any atom is -0.150 e. The molecule has 2 heteroatoms. The first kappa shape index (κ1) is 8.18. The fraction of sp³-hybridized carbons (Fsp3) is 0.556. The lowest BCUT2D eigenvalue weighted by molar-refractivity contribution is 0.874. The average Bonchev–Trinajstić information content (AvgIpc) is 1.98. The number of rotatable bonds is 2. The molecule has 1 rings (SSSR count). The zero-order valence-electron chi connectivity index (χ0n) is 7.05. The van der Waals surface area contributed by atoms with Crippen molar-refractivity contribution in [3.8, 4) is 0 Å². The molecule has 0 spiro atoms. The summed E-state index contributed by atoms with van der Waals surface area (Å²) in [7, 11) is 0. The summed E-state index contributed by atoms with van der Waals surface area (Å²) in [6, 6.07) is 0. The van der Waals surface area contributed by atoms with Gasteiger partial charge in [-0.25, -0.2) is 0 Å². The van der Waals surface area contributed by atoms with Gasteiger partial charge in [-0.15, -0.1) is 0 Å². The van der Waals surface area contributed by atoms with E-state index < -0.39 is 0 Å². The highest BCUT2D eigenvalue weighted by atomic mass is 16.3. The predicted molar refractivity (Wildman–Crippen MR) is 46.4 cm³/mol. The molecule has 0 aromatic carbocycles. The van der Waals surface area contributed by atoms with Crippen molar-refractivity contribution in [2.45, 2.75) is 26.7 Å². The summed E-state index contributed by atoms with van der Waals surface area (Å²) < 4.78 is 0. The molecule has 0 aromatic heterocycles. The molecule has 0 amide bonds. The SMILES string of the molecule is CC1=CC(CN=O)=C(C)CC1. The molecule has 0 fully saturated rings. The van der Waals surface area contributed by atoms with Gasteiger partial charge in [-0.1, -0.05) is 22.4 Å². The third-order valence-electron chi connectivity index (χ3n) is 2.10. The smallest absolute Gasteiger partial charge is 0.106 e. The van der Waals surface area contributed by atoms with Gasteiger partial charge in [0.15, 0.2) is 0 Å². The van der Waals surface area contributed by atoms with E-state index in [9.17, 15) is 4.91 Å². The molecule has 60 valence electrons. The van der Waals surface area contributed by atoms with Gasteiger partial charge < -0.3 is 0 Å². The highest BCUT2D eigenvalue weighted by Crippen LogP contribution is 2.23. The minimum absolute atomic E-state index is 0.336. The summed E-state index contributed by atoms with van der Waals surface area (Å²) in [6.45, 7) is 4.50. The van der Waals surface area contributed by atoms with Crippen LogP contribution in [0.1, 0.15) is 26.7 Å². The van der Waals surface area contributed by atoms with Crippen LogP contribution in [0.2, 0.25) is 0 Å². The maximum Gasteiger partial charge on any atom is 0.106 e. The van der Waals surface area contributed by atoms with Crippen LogP contribution in [-0.2, 0) is 0 Å². The van der Waals surface area contributed by atoms with Crippen molar-refractivity contribution in [3.63, 3.8) is 0 Å². The van der Waals surface area contributed by atoms with Gasteiger partial charge in [0.2, 0.25) is 0 Å². The van der Waals surface area contributed by atoms with Gasteiger partial charge in [0.25, 0.3) is 0 Å². The second-order valence-corrected chi connectivity index (χ2v) is 3.08. The fourth-order valence-electron chi connectivity index (χ4n) is 1.29. The molecule has 1 aliphatic carbocycles. The maximum absolute atomic E-state index is 10.0. The molecule has 0 heterocycles. The third-order valence-corrected chi connectivity index (χ3v) is 2.10. The Balaban J connectivity index is 2.79. The van der Waals surface area contributed by atoms with Gasteiger partial charge >= 0.3 is 0 Å². The van der Waals surface area contributed by atoms with E-state index in [0.717, 1.165) is 18.4 Å². The van der Waals surface area contributed by atoms with E-state index in [1.54, 1.807) is 0 Å². The molecular formula is C9H13NO. The highest BCUT2D eigenvalue weighted by molar-refractivity contribution is 5.33. The number of hydrogen-bond donors (Lipinski definition) is 0. The first-order valence-electron chi connectivity index (χ1n) is 3.89. The molecule has 1 aliphatic rings. The van der Waals surface area contributed by atoms with Crippen molar-refractivity contribution in [1.29, 1.82) is 0 Å². The summed E-state index contributed by atoms with van der Waals surface area (Å²) in [4.78, 5) is 10.0. The molecule has 0 saturated carbocycles. The number of nitrogens with zero attached hydrogens (tertiary/aromatic N) is 1. The van der Waals surface area contributed by atoms with E-state index >= 15 is 0 Å². The second kappa shape index (κ2) is 3.46. The quantitative estimate of drug-likeness (QED) is 0.558. The molecule has 0 aromatic rings. The molecule has 0 atom stereocenters. The van der Waals surface area contributed by atoms with E-state index in [2.05, 4.69) is 25.1 Å². The number of allylic oxidation sites excluding steroid dienone is 2. The van der Waals surface area contributed by atoms with Crippen LogP contribution < -0.4 is 0 Å². The average molecular weight is 151 g/mol. The Hall–Kier alpha value is -0.920. The van der Waals surface area contributed by atoms with Crippen molar-refractivity contribution in [1.82, 2.24) is 0 Å². The third kappa shape index (κ3) is 2.00. The maximum atomic E-state index is 10.0. The van der Waals surface area contributed by atoms with Crippen LogP contribution in [0, 0.1) is 4.91 Å². The topological polar surface area (TPSA) is 29.4 Å². The summed E-state index contributed by atoms with van der Waals surface area (Å²) >= 11 is 0. The van der Waals surface area contributed by atoms with Crippen molar-refractivity contribution < 1.29 is 0 Å². The lowest BCUT2D eigenvalue weighted by Gasteiger charge is -2.12. The van der Waals surface area contributed by atoms with Crippen LogP contribution in [-0.4, -0.2) is 6.54 Å². The lowest BCUT2D eigenvalue weighted by atomic mass is 9.94. The summed E-state index contributed by atoms with van der Waals surface area (Å²) in [5.74, 6) is 0. The molecule has 0 saturated heterocycles.